The minimum absolute atomic E-state index is 0.105. The van der Waals surface area contributed by atoms with Crippen LogP contribution in [0, 0.1) is 0 Å². The molecule has 0 radical (unpaired) electrons. The van der Waals surface area contributed by atoms with Gasteiger partial charge in [-0.3, -0.25) is 0 Å². The number of nitrogens with two attached hydrogens (primary N) is 1. The van der Waals surface area contributed by atoms with Gasteiger partial charge in [-0.1, -0.05) is 0 Å². The molecule has 3 nitrogen and oxygen atoms in total. The lowest BCUT2D eigenvalue weighted by molar-refractivity contribution is -0.127. The van der Waals surface area contributed by atoms with Gasteiger partial charge in [-0.05, 0) is 13.8 Å². The van der Waals surface area contributed by atoms with Crippen LogP contribution in [0.2, 0.25) is 0 Å². The average molecular weight is 173 g/mol. The quantitative estimate of drug-likeness (QED) is 0.690. The summed E-state index contributed by atoms with van der Waals surface area (Å²) >= 11 is 0. The summed E-state index contributed by atoms with van der Waals surface area (Å²) in [5, 5.41) is 0. The predicted molar refractivity (Wildman–Crippen MR) is 48.1 cm³/mol. The highest BCUT2D eigenvalue weighted by Crippen LogP contribution is 2.25. The molecule has 1 heterocycles. The molecule has 1 saturated heterocycles. The first kappa shape index (κ1) is 9.96. The lowest BCUT2D eigenvalue weighted by atomic mass is 9.94. The molecule has 0 unspecified atom stereocenters. The Balaban J connectivity index is 2.48. The molecule has 0 atom stereocenters. The zero-order valence-electron chi connectivity index (χ0n) is 8.01. The van der Waals surface area contributed by atoms with Gasteiger partial charge in [0, 0.05) is 32.6 Å². The summed E-state index contributed by atoms with van der Waals surface area (Å²) in [7, 11) is 0. The molecule has 1 fully saturated rings. The van der Waals surface area contributed by atoms with Gasteiger partial charge in [-0.2, -0.15) is 0 Å². The maximum absolute atomic E-state index is 5.82. The number of ether oxygens (including phenoxy) is 2. The minimum Gasteiger partial charge on any atom is -0.381 e. The SMILES string of the molecule is CC(C)OC1(CN)CCOCC1. The second-order valence-electron chi connectivity index (χ2n) is 3.67. The smallest absolute Gasteiger partial charge is 0.0851 e. The monoisotopic (exact) mass is 173 g/mol. The van der Waals surface area contributed by atoms with Gasteiger partial charge in [-0.25, -0.2) is 0 Å². The highest BCUT2D eigenvalue weighted by Gasteiger charge is 2.32. The van der Waals surface area contributed by atoms with Crippen molar-refractivity contribution in [2.45, 2.75) is 38.4 Å². The zero-order valence-corrected chi connectivity index (χ0v) is 8.01. The van der Waals surface area contributed by atoms with E-state index in [-0.39, 0.29) is 11.7 Å². The lowest BCUT2D eigenvalue weighted by Gasteiger charge is -2.37. The van der Waals surface area contributed by atoms with Crippen LogP contribution in [0.4, 0.5) is 0 Å². The Morgan fingerprint density at radius 2 is 2.00 bits per heavy atom. The molecule has 72 valence electrons. The van der Waals surface area contributed by atoms with Crippen LogP contribution in [0.1, 0.15) is 26.7 Å². The molecule has 0 aromatic rings. The molecular formula is C9H19NO2. The third-order valence-electron chi connectivity index (χ3n) is 2.26. The molecule has 12 heavy (non-hydrogen) atoms. The van der Waals surface area contributed by atoms with Crippen molar-refractivity contribution in [2.24, 2.45) is 5.73 Å². The standard InChI is InChI=1S/C9H19NO2/c1-8(2)12-9(7-10)3-5-11-6-4-9/h8H,3-7,10H2,1-2H3. The van der Waals surface area contributed by atoms with Gasteiger partial charge in [0.1, 0.15) is 0 Å². The minimum atomic E-state index is -0.105. The normalized spacial score (nSPS) is 23.0. The molecule has 1 aliphatic rings. The van der Waals surface area contributed by atoms with Gasteiger partial charge in [-0.15, -0.1) is 0 Å². The predicted octanol–water partition coefficient (Wildman–Crippen LogP) is 0.919. The van der Waals surface area contributed by atoms with Gasteiger partial charge in [0.05, 0.1) is 11.7 Å². The molecular weight excluding hydrogens is 154 g/mol. The molecule has 0 aromatic heterocycles. The molecule has 0 amide bonds. The molecule has 0 saturated carbocycles. The van der Waals surface area contributed by atoms with E-state index in [1.807, 2.05) is 13.8 Å². The van der Waals surface area contributed by atoms with Gasteiger partial charge in [0.2, 0.25) is 0 Å². The van der Waals surface area contributed by atoms with Crippen LogP contribution >= 0.6 is 0 Å². The van der Waals surface area contributed by atoms with E-state index in [4.69, 9.17) is 15.2 Å². The molecule has 3 heteroatoms. The summed E-state index contributed by atoms with van der Waals surface area (Å²) in [4.78, 5) is 0. The molecule has 1 aliphatic heterocycles. The topological polar surface area (TPSA) is 44.5 Å². The van der Waals surface area contributed by atoms with E-state index in [0.717, 1.165) is 26.1 Å². The largest absolute Gasteiger partial charge is 0.381 e. The summed E-state index contributed by atoms with van der Waals surface area (Å²) in [5.74, 6) is 0. The first-order chi connectivity index (χ1) is 5.68. The Bertz CT molecular complexity index is 130. The third-order valence-corrected chi connectivity index (χ3v) is 2.26. The van der Waals surface area contributed by atoms with Crippen LogP contribution in [0.3, 0.4) is 0 Å². The van der Waals surface area contributed by atoms with Gasteiger partial charge in [0.25, 0.3) is 0 Å². The Labute approximate surface area is 74.2 Å². The van der Waals surface area contributed by atoms with Crippen LogP contribution in [-0.2, 0) is 9.47 Å². The van der Waals surface area contributed by atoms with Crippen LogP contribution in [0.5, 0.6) is 0 Å². The summed E-state index contributed by atoms with van der Waals surface area (Å²) in [6.45, 7) is 6.27. The molecule has 1 rings (SSSR count). The van der Waals surface area contributed by atoms with E-state index in [1.54, 1.807) is 0 Å². The lowest BCUT2D eigenvalue weighted by Crippen LogP contribution is -2.47. The number of hydrogen-bond donors (Lipinski definition) is 1. The van der Waals surface area contributed by atoms with E-state index in [2.05, 4.69) is 0 Å². The molecule has 0 spiro atoms. The maximum atomic E-state index is 5.82. The van der Waals surface area contributed by atoms with Crippen molar-refractivity contribution in [1.29, 1.82) is 0 Å². The number of rotatable bonds is 3. The Kier molecular flexibility index (Phi) is 3.50. The zero-order chi connectivity index (χ0) is 9.03. The Morgan fingerprint density at radius 1 is 1.42 bits per heavy atom. The van der Waals surface area contributed by atoms with Crippen LogP contribution < -0.4 is 5.73 Å². The first-order valence-corrected chi connectivity index (χ1v) is 4.64. The fraction of sp³-hybridized carbons (Fsp3) is 1.00. The van der Waals surface area contributed by atoms with Crippen molar-refractivity contribution in [3.05, 3.63) is 0 Å². The molecule has 0 bridgehead atoms. The molecule has 2 N–H and O–H groups in total. The van der Waals surface area contributed by atoms with E-state index in [0.29, 0.717) is 6.54 Å². The second-order valence-corrected chi connectivity index (χ2v) is 3.67. The number of hydrogen-bond acceptors (Lipinski definition) is 3. The fourth-order valence-corrected chi connectivity index (χ4v) is 1.61. The van der Waals surface area contributed by atoms with E-state index >= 15 is 0 Å². The highest BCUT2D eigenvalue weighted by molar-refractivity contribution is 4.84. The highest BCUT2D eigenvalue weighted by atomic mass is 16.5. The first-order valence-electron chi connectivity index (χ1n) is 4.64. The van der Waals surface area contributed by atoms with Gasteiger partial charge < -0.3 is 15.2 Å². The molecule has 0 aromatic carbocycles. The summed E-state index contributed by atoms with van der Waals surface area (Å²) in [5.41, 5.74) is 5.60. The second kappa shape index (κ2) is 4.21. The van der Waals surface area contributed by atoms with Gasteiger partial charge in [0.15, 0.2) is 0 Å². The van der Waals surface area contributed by atoms with Crippen LogP contribution in [-0.4, -0.2) is 31.5 Å². The van der Waals surface area contributed by atoms with Crippen molar-refractivity contribution < 1.29 is 9.47 Å². The third kappa shape index (κ3) is 2.44. The van der Waals surface area contributed by atoms with Crippen molar-refractivity contribution in [2.75, 3.05) is 19.8 Å². The van der Waals surface area contributed by atoms with Crippen LogP contribution in [0.25, 0.3) is 0 Å². The molecule has 0 aliphatic carbocycles. The Hall–Kier alpha value is -0.120. The van der Waals surface area contributed by atoms with E-state index in [9.17, 15) is 0 Å². The fourth-order valence-electron chi connectivity index (χ4n) is 1.61. The summed E-state index contributed by atoms with van der Waals surface area (Å²) < 4.78 is 11.1. The van der Waals surface area contributed by atoms with Crippen molar-refractivity contribution in [3.63, 3.8) is 0 Å². The maximum Gasteiger partial charge on any atom is 0.0851 e. The summed E-state index contributed by atoms with van der Waals surface area (Å²) in [6, 6.07) is 0. The van der Waals surface area contributed by atoms with E-state index < -0.39 is 0 Å². The van der Waals surface area contributed by atoms with Crippen LogP contribution in [0.15, 0.2) is 0 Å². The van der Waals surface area contributed by atoms with Crippen molar-refractivity contribution in [1.82, 2.24) is 0 Å². The Morgan fingerprint density at radius 3 is 2.42 bits per heavy atom. The van der Waals surface area contributed by atoms with Crippen molar-refractivity contribution >= 4 is 0 Å². The average Bonchev–Trinajstić information content (AvgIpc) is 2.05. The summed E-state index contributed by atoms with van der Waals surface area (Å²) in [6.07, 6.45) is 2.12. The van der Waals surface area contributed by atoms with Gasteiger partial charge >= 0.3 is 0 Å². The van der Waals surface area contributed by atoms with Crippen molar-refractivity contribution in [3.8, 4) is 0 Å². The van der Waals surface area contributed by atoms with E-state index in [1.165, 1.54) is 0 Å².